The van der Waals surface area contributed by atoms with Gasteiger partial charge in [-0.2, -0.15) is 12.6 Å². The van der Waals surface area contributed by atoms with E-state index in [9.17, 15) is 24.1 Å². The van der Waals surface area contributed by atoms with Gasteiger partial charge in [0.15, 0.2) is 0 Å². The van der Waals surface area contributed by atoms with E-state index in [-0.39, 0.29) is 30.8 Å². The molecule has 11 nitrogen and oxygen atoms in total. The van der Waals surface area contributed by atoms with Crippen molar-refractivity contribution < 1.29 is 28.5 Å². The molecule has 130 valence electrons. The van der Waals surface area contributed by atoms with Gasteiger partial charge in [-0.1, -0.05) is 0 Å². The van der Waals surface area contributed by atoms with Crippen LogP contribution in [0.5, 0.6) is 0 Å². The number of hydrogen-bond donors (Lipinski definition) is 5. The van der Waals surface area contributed by atoms with E-state index in [1.165, 1.54) is 0 Å². The van der Waals surface area contributed by atoms with Crippen molar-refractivity contribution in [2.75, 3.05) is 12.3 Å². The van der Waals surface area contributed by atoms with Crippen molar-refractivity contribution in [2.24, 2.45) is 10.3 Å². The summed E-state index contributed by atoms with van der Waals surface area (Å²) in [6, 6.07) is -2.16. The summed E-state index contributed by atoms with van der Waals surface area (Å²) in [5.74, 6) is -3.47. The van der Waals surface area contributed by atoms with Crippen LogP contribution in [0.15, 0.2) is 4.58 Å². The topological polar surface area (TPSA) is 177 Å². The Hall–Kier alpha value is -1.86. The molecule has 0 saturated carbocycles. The van der Waals surface area contributed by atoms with E-state index >= 15 is 0 Å². The SMILES string of the molecule is NC(CCC(=O)NC(CS)C(=O)NCC(=O)O)C(=O)OSN=O. The molecule has 0 spiro atoms. The third-order valence-electron chi connectivity index (χ3n) is 2.38. The minimum absolute atomic E-state index is 0.0331. The Morgan fingerprint density at radius 3 is 2.52 bits per heavy atom. The van der Waals surface area contributed by atoms with Gasteiger partial charge in [0.05, 0.1) is 0 Å². The van der Waals surface area contributed by atoms with Crippen LogP contribution in [-0.2, 0) is 23.4 Å². The summed E-state index contributed by atoms with van der Waals surface area (Å²) in [5.41, 5.74) is 5.44. The number of rotatable bonds is 11. The average Bonchev–Trinajstić information content (AvgIpc) is 2.52. The first-order valence-corrected chi connectivity index (χ1v) is 7.50. The minimum atomic E-state index is -1.23. The lowest BCUT2D eigenvalue weighted by atomic mass is 10.1. The Balaban J connectivity index is 4.24. The number of nitrogens with one attached hydrogen (secondary N) is 2. The molecule has 0 aliphatic rings. The van der Waals surface area contributed by atoms with Gasteiger partial charge in [-0.3, -0.25) is 14.4 Å². The van der Waals surface area contributed by atoms with Gasteiger partial charge < -0.3 is 25.7 Å². The highest BCUT2D eigenvalue weighted by Crippen LogP contribution is 2.07. The van der Waals surface area contributed by atoms with E-state index in [4.69, 9.17) is 10.8 Å². The van der Waals surface area contributed by atoms with Crippen molar-refractivity contribution in [3.8, 4) is 0 Å². The number of hydrogen-bond acceptors (Lipinski definition) is 10. The first-order chi connectivity index (χ1) is 10.8. The Morgan fingerprint density at radius 2 is 2.00 bits per heavy atom. The Kier molecular flexibility index (Phi) is 10.7. The van der Waals surface area contributed by atoms with Crippen molar-refractivity contribution >= 4 is 48.6 Å². The molecule has 23 heavy (non-hydrogen) atoms. The fraction of sp³-hybridized carbons (Fsp3) is 0.600. The summed E-state index contributed by atoms with van der Waals surface area (Å²) in [5, 5.41) is 12.9. The zero-order valence-corrected chi connectivity index (χ0v) is 13.5. The van der Waals surface area contributed by atoms with Gasteiger partial charge in [0.2, 0.25) is 24.0 Å². The number of carboxylic acids is 1. The van der Waals surface area contributed by atoms with Gasteiger partial charge in [-0.15, -0.1) is 4.91 Å². The zero-order valence-electron chi connectivity index (χ0n) is 11.8. The van der Waals surface area contributed by atoms with Crippen molar-refractivity contribution in [1.82, 2.24) is 10.6 Å². The van der Waals surface area contributed by atoms with Crippen LogP contribution in [0.3, 0.4) is 0 Å². The predicted octanol–water partition coefficient (Wildman–Crippen LogP) is -1.42. The van der Waals surface area contributed by atoms with Gasteiger partial charge in [-0.25, -0.2) is 4.79 Å². The van der Waals surface area contributed by atoms with Crippen molar-refractivity contribution in [3.63, 3.8) is 0 Å². The summed E-state index contributed by atoms with van der Waals surface area (Å²) >= 11 is 3.92. The second-order valence-electron chi connectivity index (χ2n) is 4.11. The maximum Gasteiger partial charge on any atom is 0.336 e. The number of nitroso groups, excluding NO2 is 1. The van der Waals surface area contributed by atoms with Crippen LogP contribution in [0.4, 0.5) is 0 Å². The molecular formula is C10H16N4O7S2. The van der Waals surface area contributed by atoms with E-state index in [0.717, 1.165) is 0 Å². The van der Waals surface area contributed by atoms with E-state index in [2.05, 4.69) is 32.0 Å². The average molecular weight is 368 g/mol. The maximum atomic E-state index is 11.7. The molecule has 0 radical (unpaired) electrons. The number of aliphatic carboxylic acids is 1. The zero-order chi connectivity index (χ0) is 17.8. The second kappa shape index (κ2) is 11.7. The Morgan fingerprint density at radius 1 is 1.35 bits per heavy atom. The summed E-state index contributed by atoms with van der Waals surface area (Å²) < 4.78 is 6.54. The number of carboxylic acid groups (broad SMARTS) is 1. The van der Waals surface area contributed by atoms with Crippen LogP contribution in [0.2, 0.25) is 0 Å². The summed E-state index contributed by atoms with van der Waals surface area (Å²) in [6.07, 6.45) is -0.272. The van der Waals surface area contributed by atoms with Crippen LogP contribution in [0.1, 0.15) is 12.8 Å². The van der Waals surface area contributed by atoms with Gasteiger partial charge in [0.1, 0.15) is 18.6 Å². The molecule has 5 N–H and O–H groups in total. The van der Waals surface area contributed by atoms with Crippen LogP contribution in [-0.4, -0.2) is 53.2 Å². The number of carbonyl (C=O) groups is 4. The second-order valence-corrected chi connectivity index (χ2v) is 4.94. The molecule has 0 rings (SSSR count). The Bertz CT molecular complexity index is 462. The summed E-state index contributed by atoms with van der Waals surface area (Å²) in [7, 11) is 0. The van der Waals surface area contributed by atoms with E-state index in [1.807, 2.05) is 0 Å². The summed E-state index contributed by atoms with van der Waals surface area (Å²) in [6.45, 7) is -0.585. The first-order valence-electron chi connectivity index (χ1n) is 6.17. The molecule has 0 aromatic carbocycles. The molecule has 0 aromatic rings. The van der Waals surface area contributed by atoms with Gasteiger partial charge in [0, 0.05) is 16.8 Å². The first kappa shape index (κ1) is 21.1. The molecule has 2 amide bonds. The maximum absolute atomic E-state index is 11.7. The largest absolute Gasteiger partial charge is 0.480 e. The number of nitrogens with two attached hydrogens (primary N) is 1. The molecule has 0 aliphatic carbocycles. The molecule has 2 unspecified atom stereocenters. The third kappa shape index (κ3) is 9.70. The van der Waals surface area contributed by atoms with Crippen LogP contribution >= 0.6 is 24.9 Å². The molecule has 0 bridgehead atoms. The highest BCUT2D eigenvalue weighted by molar-refractivity contribution is 7.93. The van der Waals surface area contributed by atoms with E-state index in [1.54, 1.807) is 0 Å². The van der Waals surface area contributed by atoms with Crippen molar-refractivity contribution in [1.29, 1.82) is 0 Å². The molecular weight excluding hydrogens is 352 g/mol. The Labute approximate surface area is 140 Å². The molecule has 2 atom stereocenters. The van der Waals surface area contributed by atoms with Crippen LogP contribution in [0, 0.1) is 4.91 Å². The standard InChI is InChI=1S/C10H16N4O7S2/c11-5(10(19)21-23-14-20)1-2-7(15)13-6(4-22)9(18)12-3-8(16)17/h5-6,22H,1-4,11H2,(H,12,18)(H,13,15)(H,16,17). The minimum Gasteiger partial charge on any atom is -0.480 e. The van der Waals surface area contributed by atoms with E-state index in [0.29, 0.717) is 0 Å². The van der Waals surface area contributed by atoms with Crippen molar-refractivity contribution in [3.05, 3.63) is 4.91 Å². The smallest absolute Gasteiger partial charge is 0.336 e. The predicted molar refractivity (Wildman–Crippen MR) is 83.1 cm³/mol. The lowest BCUT2D eigenvalue weighted by molar-refractivity contribution is -0.138. The molecule has 0 fully saturated rings. The molecule has 0 heterocycles. The molecule has 0 saturated heterocycles. The fourth-order valence-electron chi connectivity index (χ4n) is 1.26. The number of amides is 2. The summed E-state index contributed by atoms with van der Waals surface area (Å²) in [4.78, 5) is 54.6. The van der Waals surface area contributed by atoms with Crippen LogP contribution in [0.25, 0.3) is 0 Å². The normalized spacial score (nSPS) is 12.6. The van der Waals surface area contributed by atoms with Gasteiger partial charge in [-0.05, 0) is 6.42 Å². The quantitative estimate of drug-likeness (QED) is 0.127. The third-order valence-corrected chi connectivity index (χ3v) is 3.05. The van der Waals surface area contributed by atoms with Crippen LogP contribution < -0.4 is 16.4 Å². The van der Waals surface area contributed by atoms with E-state index < -0.39 is 42.4 Å². The number of thiol groups is 1. The van der Waals surface area contributed by atoms with Gasteiger partial charge in [0.25, 0.3) is 0 Å². The lowest BCUT2D eigenvalue weighted by Gasteiger charge is -2.16. The number of carbonyl (C=O) groups excluding carboxylic acids is 3. The lowest BCUT2D eigenvalue weighted by Crippen LogP contribution is -2.49. The monoisotopic (exact) mass is 368 g/mol. The number of nitrogens with zero attached hydrogens (tertiary/aromatic N) is 1. The molecule has 0 aliphatic heterocycles. The van der Waals surface area contributed by atoms with Crippen molar-refractivity contribution in [2.45, 2.75) is 24.9 Å². The fourth-order valence-corrected chi connectivity index (χ4v) is 1.75. The molecule has 0 aromatic heterocycles. The highest BCUT2D eigenvalue weighted by Gasteiger charge is 2.22. The van der Waals surface area contributed by atoms with Gasteiger partial charge >= 0.3 is 11.9 Å². The molecule has 13 heteroatoms. The highest BCUT2D eigenvalue weighted by atomic mass is 32.2.